The van der Waals surface area contributed by atoms with Crippen molar-refractivity contribution in [1.29, 1.82) is 0 Å². The lowest BCUT2D eigenvalue weighted by atomic mass is 9.75. The van der Waals surface area contributed by atoms with Crippen LogP contribution in [0.2, 0.25) is 0 Å². The summed E-state index contributed by atoms with van der Waals surface area (Å²) < 4.78 is 0. The zero-order valence-electron chi connectivity index (χ0n) is 8.18. The molecule has 0 spiro atoms. The standard InChI is InChI=1S/C11H11N3O/c12-11(15)9-6-8(7-9)2-3-10-13-4-1-5-14-10/h1,4-5,8-9H,6-7H2,(H2,12,15). The molecule has 1 amide bonds. The molecular weight excluding hydrogens is 190 g/mol. The van der Waals surface area contributed by atoms with Gasteiger partial charge >= 0.3 is 0 Å². The van der Waals surface area contributed by atoms with Crippen LogP contribution in [-0.4, -0.2) is 15.9 Å². The van der Waals surface area contributed by atoms with Crippen LogP contribution in [0, 0.1) is 23.7 Å². The molecule has 0 radical (unpaired) electrons. The van der Waals surface area contributed by atoms with Gasteiger partial charge in [0.25, 0.3) is 0 Å². The molecule has 1 aromatic rings. The molecule has 1 fully saturated rings. The zero-order valence-corrected chi connectivity index (χ0v) is 8.18. The molecule has 1 aliphatic carbocycles. The van der Waals surface area contributed by atoms with Crippen molar-refractivity contribution in [2.24, 2.45) is 17.6 Å². The Balaban J connectivity index is 1.90. The van der Waals surface area contributed by atoms with Crippen molar-refractivity contribution in [1.82, 2.24) is 9.97 Å². The third kappa shape index (κ3) is 2.32. The van der Waals surface area contributed by atoms with E-state index in [2.05, 4.69) is 21.8 Å². The molecule has 1 heterocycles. The monoisotopic (exact) mass is 201 g/mol. The SMILES string of the molecule is NC(=O)C1CC(C#Cc2ncccn2)C1. The molecule has 0 saturated heterocycles. The molecule has 2 N–H and O–H groups in total. The lowest BCUT2D eigenvalue weighted by Crippen LogP contribution is -2.34. The maximum Gasteiger partial charge on any atom is 0.220 e. The quantitative estimate of drug-likeness (QED) is 0.666. The summed E-state index contributed by atoms with van der Waals surface area (Å²) in [4.78, 5) is 18.7. The highest BCUT2D eigenvalue weighted by atomic mass is 16.1. The smallest absolute Gasteiger partial charge is 0.220 e. The highest BCUT2D eigenvalue weighted by Crippen LogP contribution is 2.32. The summed E-state index contributed by atoms with van der Waals surface area (Å²) in [5.74, 6) is 6.51. The van der Waals surface area contributed by atoms with E-state index in [1.165, 1.54) is 0 Å². The van der Waals surface area contributed by atoms with Gasteiger partial charge in [-0.25, -0.2) is 9.97 Å². The van der Waals surface area contributed by atoms with E-state index in [9.17, 15) is 4.79 Å². The lowest BCUT2D eigenvalue weighted by molar-refractivity contribution is -0.124. The van der Waals surface area contributed by atoms with Crippen LogP contribution in [0.15, 0.2) is 18.5 Å². The number of rotatable bonds is 1. The van der Waals surface area contributed by atoms with Gasteiger partial charge in [-0.15, -0.1) is 0 Å². The first-order valence-electron chi connectivity index (χ1n) is 4.83. The van der Waals surface area contributed by atoms with Gasteiger partial charge in [0.15, 0.2) is 0 Å². The Labute approximate surface area is 87.9 Å². The molecule has 1 aliphatic rings. The Morgan fingerprint density at radius 1 is 1.40 bits per heavy atom. The van der Waals surface area contributed by atoms with Gasteiger partial charge in [-0.1, -0.05) is 5.92 Å². The van der Waals surface area contributed by atoms with Crippen LogP contribution in [0.5, 0.6) is 0 Å². The van der Waals surface area contributed by atoms with Gasteiger partial charge in [0.2, 0.25) is 11.7 Å². The van der Waals surface area contributed by atoms with E-state index in [0.717, 1.165) is 12.8 Å². The molecule has 0 aromatic carbocycles. The van der Waals surface area contributed by atoms with Crippen molar-refractivity contribution in [2.75, 3.05) is 0 Å². The Hall–Kier alpha value is -1.89. The highest BCUT2D eigenvalue weighted by molar-refractivity contribution is 5.77. The Bertz CT molecular complexity index is 412. The van der Waals surface area contributed by atoms with E-state index in [1.807, 2.05) is 0 Å². The molecule has 76 valence electrons. The second-order valence-corrected chi connectivity index (χ2v) is 3.61. The first-order chi connectivity index (χ1) is 7.25. The average molecular weight is 201 g/mol. The fourth-order valence-electron chi connectivity index (χ4n) is 1.50. The van der Waals surface area contributed by atoms with E-state index in [-0.39, 0.29) is 17.7 Å². The van der Waals surface area contributed by atoms with Crippen LogP contribution >= 0.6 is 0 Å². The van der Waals surface area contributed by atoms with Crippen molar-refractivity contribution < 1.29 is 4.79 Å². The molecule has 1 aromatic heterocycles. The highest BCUT2D eigenvalue weighted by Gasteiger charge is 2.31. The zero-order chi connectivity index (χ0) is 10.7. The van der Waals surface area contributed by atoms with Gasteiger partial charge in [0.1, 0.15) is 0 Å². The van der Waals surface area contributed by atoms with Crippen LogP contribution in [0.4, 0.5) is 0 Å². The van der Waals surface area contributed by atoms with Crippen LogP contribution in [0.25, 0.3) is 0 Å². The van der Waals surface area contributed by atoms with Crippen LogP contribution < -0.4 is 5.73 Å². The fourth-order valence-corrected chi connectivity index (χ4v) is 1.50. The minimum Gasteiger partial charge on any atom is -0.369 e. The summed E-state index contributed by atoms with van der Waals surface area (Å²) in [5, 5.41) is 0. The first kappa shape index (κ1) is 9.66. The topological polar surface area (TPSA) is 68.9 Å². The Morgan fingerprint density at radius 2 is 2.07 bits per heavy atom. The van der Waals surface area contributed by atoms with Crippen molar-refractivity contribution >= 4 is 5.91 Å². The normalized spacial score (nSPS) is 23.5. The number of nitrogens with two attached hydrogens (primary N) is 1. The van der Waals surface area contributed by atoms with Gasteiger partial charge in [-0.05, 0) is 24.8 Å². The minimum absolute atomic E-state index is 0.0148. The maximum atomic E-state index is 10.8. The second kappa shape index (κ2) is 4.09. The predicted octanol–water partition coefficient (Wildman–Crippen LogP) is 0.340. The number of hydrogen-bond donors (Lipinski definition) is 1. The molecular formula is C11H11N3O. The number of carbonyl (C=O) groups is 1. The van der Waals surface area contributed by atoms with Crippen LogP contribution in [-0.2, 0) is 4.79 Å². The molecule has 2 rings (SSSR count). The predicted molar refractivity (Wildman–Crippen MR) is 54.3 cm³/mol. The summed E-state index contributed by atoms with van der Waals surface area (Å²) in [5.41, 5.74) is 5.16. The summed E-state index contributed by atoms with van der Waals surface area (Å²) in [6, 6.07) is 1.75. The van der Waals surface area contributed by atoms with Gasteiger partial charge in [0, 0.05) is 24.2 Å². The molecule has 4 nitrogen and oxygen atoms in total. The molecule has 0 bridgehead atoms. The molecule has 0 aliphatic heterocycles. The third-order valence-electron chi connectivity index (χ3n) is 2.49. The van der Waals surface area contributed by atoms with Gasteiger partial charge in [-0.2, -0.15) is 0 Å². The summed E-state index contributed by atoms with van der Waals surface area (Å²) in [6.45, 7) is 0. The van der Waals surface area contributed by atoms with E-state index in [0.29, 0.717) is 5.82 Å². The molecule has 0 atom stereocenters. The number of primary amides is 1. The van der Waals surface area contributed by atoms with Crippen LogP contribution in [0.1, 0.15) is 18.7 Å². The second-order valence-electron chi connectivity index (χ2n) is 3.61. The van der Waals surface area contributed by atoms with Crippen molar-refractivity contribution in [3.63, 3.8) is 0 Å². The van der Waals surface area contributed by atoms with Crippen molar-refractivity contribution in [3.8, 4) is 11.8 Å². The number of carbonyl (C=O) groups excluding carboxylic acids is 1. The van der Waals surface area contributed by atoms with Crippen molar-refractivity contribution in [3.05, 3.63) is 24.3 Å². The first-order valence-corrected chi connectivity index (χ1v) is 4.83. The average Bonchev–Trinajstić information content (AvgIpc) is 2.16. The van der Waals surface area contributed by atoms with Gasteiger partial charge in [0.05, 0.1) is 0 Å². The van der Waals surface area contributed by atoms with Gasteiger partial charge in [-0.3, -0.25) is 4.79 Å². The third-order valence-corrected chi connectivity index (χ3v) is 2.49. The maximum absolute atomic E-state index is 10.8. The largest absolute Gasteiger partial charge is 0.369 e. The summed E-state index contributed by atoms with van der Waals surface area (Å²) in [6.07, 6.45) is 4.86. The number of amides is 1. The lowest BCUT2D eigenvalue weighted by Gasteiger charge is -2.28. The molecule has 0 unspecified atom stereocenters. The van der Waals surface area contributed by atoms with E-state index < -0.39 is 0 Å². The Kier molecular flexibility index (Phi) is 2.64. The number of aromatic nitrogens is 2. The summed E-state index contributed by atoms with van der Waals surface area (Å²) in [7, 11) is 0. The summed E-state index contributed by atoms with van der Waals surface area (Å²) >= 11 is 0. The molecule has 4 heteroatoms. The molecule has 1 saturated carbocycles. The van der Waals surface area contributed by atoms with E-state index >= 15 is 0 Å². The van der Waals surface area contributed by atoms with Gasteiger partial charge < -0.3 is 5.73 Å². The van der Waals surface area contributed by atoms with E-state index in [4.69, 9.17) is 5.73 Å². The van der Waals surface area contributed by atoms with E-state index in [1.54, 1.807) is 18.5 Å². The Morgan fingerprint density at radius 3 is 2.67 bits per heavy atom. The van der Waals surface area contributed by atoms with Crippen LogP contribution in [0.3, 0.4) is 0 Å². The van der Waals surface area contributed by atoms with Crippen molar-refractivity contribution in [2.45, 2.75) is 12.8 Å². The fraction of sp³-hybridized carbons (Fsp3) is 0.364. The number of hydrogen-bond acceptors (Lipinski definition) is 3. The minimum atomic E-state index is -0.219. The number of nitrogens with zero attached hydrogens (tertiary/aromatic N) is 2. The molecule has 15 heavy (non-hydrogen) atoms.